The molecule has 1 unspecified atom stereocenters. The first-order valence-electron chi connectivity index (χ1n) is 7.30. The van der Waals surface area contributed by atoms with Crippen molar-refractivity contribution in [1.82, 2.24) is 9.55 Å². The van der Waals surface area contributed by atoms with Gasteiger partial charge >= 0.3 is 0 Å². The van der Waals surface area contributed by atoms with Crippen LogP contribution in [0.4, 0.5) is 0 Å². The molecule has 0 spiro atoms. The van der Waals surface area contributed by atoms with Gasteiger partial charge in [-0.2, -0.15) is 0 Å². The van der Waals surface area contributed by atoms with Crippen molar-refractivity contribution in [1.29, 1.82) is 0 Å². The topological polar surface area (TPSA) is 38.0 Å². The van der Waals surface area contributed by atoms with Crippen LogP contribution in [0.2, 0.25) is 5.02 Å². The largest absolute Gasteiger partial charge is 0.388 e. The molecule has 23 heavy (non-hydrogen) atoms. The first kappa shape index (κ1) is 16.1. The fourth-order valence-corrected chi connectivity index (χ4v) is 3.37. The van der Waals surface area contributed by atoms with E-state index in [1.54, 1.807) is 18.3 Å². The third-order valence-corrected chi connectivity index (χ3v) is 4.81. The van der Waals surface area contributed by atoms with E-state index in [9.17, 15) is 5.11 Å². The van der Waals surface area contributed by atoms with Crippen LogP contribution in [0, 0.1) is 6.92 Å². The first-order valence-corrected chi connectivity index (χ1v) is 8.66. The van der Waals surface area contributed by atoms with E-state index in [2.05, 4.69) is 24.0 Å². The first-order chi connectivity index (χ1) is 11.1. The number of nitrogens with zero attached hydrogens (tertiary/aromatic N) is 2. The maximum absolute atomic E-state index is 10.3. The van der Waals surface area contributed by atoms with Crippen molar-refractivity contribution in [2.45, 2.75) is 18.2 Å². The Morgan fingerprint density at radius 2 is 2.00 bits per heavy atom. The summed E-state index contributed by atoms with van der Waals surface area (Å²) in [6, 6.07) is 15.5. The lowest BCUT2D eigenvalue weighted by atomic mass is 10.1. The van der Waals surface area contributed by atoms with E-state index in [1.807, 2.05) is 35.0 Å². The number of aliphatic hydroxyl groups excluding tert-OH is 1. The van der Waals surface area contributed by atoms with Crippen LogP contribution in [0.1, 0.15) is 17.2 Å². The molecule has 1 aromatic heterocycles. The third-order valence-electron chi connectivity index (χ3n) is 3.51. The number of halogens is 1. The van der Waals surface area contributed by atoms with Gasteiger partial charge in [0.2, 0.25) is 0 Å². The van der Waals surface area contributed by atoms with Crippen LogP contribution in [0.5, 0.6) is 0 Å². The van der Waals surface area contributed by atoms with Crippen LogP contribution in [0.25, 0.3) is 5.69 Å². The second-order valence-corrected chi connectivity index (χ2v) is 6.72. The minimum atomic E-state index is -0.556. The lowest BCUT2D eigenvalue weighted by Gasteiger charge is -2.12. The number of benzene rings is 2. The van der Waals surface area contributed by atoms with Crippen LogP contribution < -0.4 is 0 Å². The number of aliphatic hydroxyl groups is 1. The van der Waals surface area contributed by atoms with Gasteiger partial charge in [-0.3, -0.25) is 4.57 Å². The van der Waals surface area contributed by atoms with Crippen molar-refractivity contribution in [3.63, 3.8) is 0 Å². The second-order valence-electron chi connectivity index (χ2n) is 5.30. The summed E-state index contributed by atoms with van der Waals surface area (Å²) in [5, 5.41) is 11.8. The summed E-state index contributed by atoms with van der Waals surface area (Å²) in [5.74, 6) is 0.532. The van der Waals surface area contributed by atoms with E-state index in [0.29, 0.717) is 10.8 Å². The lowest BCUT2D eigenvalue weighted by molar-refractivity contribution is 0.204. The summed E-state index contributed by atoms with van der Waals surface area (Å²) in [5.41, 5.74) is 3.13. The molecule has 3 rings (SSSR count). The molecule has 0 aliphatic carbocycles. The Morgan fingerprint density at radius 3 is 2.74 bits per heavy atom. The number of aromatic nitrogens is 2. The smallest absolute Gasteiger partial charge is 0.172 e. The van der Waals surface area contributed by atoms with Crippen molar-refractivity contribution in [3.8, 4) is 5.69 Å². The van der Waals surface area contributed by atoms with Crippen molar-refractivity contribution in [2.24, 2.45) is 0 Å². The highest BCUT2D eigenvalue weighted by Gasteiger charge is 2.12. The molecule has 1 heterocycles. The van der Waals surface area contributed by atoms with Crippen LogP contribution in [-0.2, 0) is 0 Å². The summed E-state index contributed by atoms with van der Waals surface area (Å²) >= 11 is 7.41. The highest BCUT2D eigenvalue weighted by molar-refractivity contribution is 7.99. The van der Waals surface area contributed by atoms with E-state index in [0.717, 1.165) is 16.4 Å². The highest BCUT2D eigenvalue weighted by atomic mass is 35.5. The molecule has 0 fully saturated rings. The zero-order chi connectivity index (χ0) is 16.2. The summed E-state index contributed by atoms with van der Waals surface area (Å²) < 4.78 is 2.03. The number of hydrogen-bond acceptors (Lipinski definition) is 3. The summed E-state index contributed by atoms with van der Waals surface area (Å²) in [7, 11) is 0. The average Bonchev–Trinajstić information content (AvgIpc) is 3.02. The minimum Gasteiger partial charge on any atom is -0.388 e. The van der Waals surface area contributed by atoms with Gasteiger partial charge < -0.3 is 5.11 Å². The number of hydrogen-bond donors (Lipinski definition) is 1. The van der Waals surface area contributed by atoms with Crippen LogP contribution in [0.3, 0.4) is 0 Å². The summed E-state index contributed by atoms with van der Waals surface area (Å²) in [6.07, 6.45) is 3.16. The number of thioether (sulfide) groups is 1. The third kappa shape index (κ3) is 3.96. The van der Waals surface area contributed by atoms with E-state index in [-0.39, 0.29) is 0 Å². The molecule has 1 N–H and O–H groups in total. The molecule has 0 aliphatic rings. The Morgan fingerprint density at radius 1 is 1.22 bits per heavy atom. The predicted molar refractivity (Wildman–Crippen MR) is 95.4 cm³/mol. The SMILES string of the molecule is Cc1cccc(-n2ccnc2SCC(O)c2ccc(Cl)cc2)c1. The molecule has 0 radical (unpaired) electrons. The van der Waals surface area contributed by atoms with Gasteiger partial charge in [0.25, 0.3) is 0 Å². The normalized spacial score (nSPS) is 12.3. The highest BCUT2D eigenvalue weighted by Crippen LogP contribution is 2.26. The average molecular weight is 345 g/mol. The molecule has 0 saturated heterocycles. The zero-order valence-corrected chi connectivity index (χ0v) is 14.3. The molecule has 0 amide bonds. The van der Waals surface area contributed by atoms with Crippen molar-refractivity contribution < 1.29 is 5.11 Å². The predicted octanol–water partition coefficient (Wildman–Crippen LogP) is 4.66. The molecule has 3 aromatic rings. The molecule has 118 valence electrons. The van der Waals surface area contributed by atoms with E-state index >= 15 is 0 Å². The fourth-order valence-electron chi connectivity index (χ4n) is 2.31. The number of imidazole rings is 1. The fraction of sp³-hybridized carbons (Fsp3) is 0.167. The quantitative estimate of drug-likeness (QED) is 0.684. The van der Waals surface area contributed by atoms with Crippen LogP contribution in [-0.4, -0.2) is 20.4 Å². The van der Waals surface area contributed by atoms with Gasteiger partial charge in [-0.05, 0) is 42.3 Å². The van der Waals surface area contributed by atoms with Crippen molar-refractivity contribution >= 4 is 23.4 Å². The Balaban J connectivity index is 1.72. The Bertz CT molecular complexity index is 786. The summed E-state index contributed by atoms with van der Waals surface area (Å²) in [4.78, 5) is 4.40. The molecule has 3 nitrogen and oxygen atoms in total. The van der Waals surface area contributed by atoms with Gasteiger partial charge in [0.1, 0.15) is 0 Å². The molecular weight excluding hydrogens is 328 g/mol. The maximum atomic E-state index is 10.3. The minimum absolute atomic E-state index is 0.532. The van der Waals surface area contributed by atoms with Gasteiger partial charge in [-0.1, -0.05) is 47.6 Å². The monoisotopic (exact) mass is 344 g/mol. The van der Waals surface area contributed by atoms with E-state index in [4.69, 9.17) is 11.6 Å². The number of rotatable bonds is 5. The lowest BCUT2D eigenvalue weighted by Crippen LogP contribution is -2.02. The second kappa shape index (κ2) is 7.21. The van der Waals surface area contributed by atoms with Gasteiger partial charge in [0, 0.05) is 28.9 Å². The zero-order valence-electron chi connectivity index (χ0n) is 12.7. The molecular formula is C18H17ClN2OS. The van der Waals surface area contributed by atoms with E-state index in [1.165, 1.54) is 17.3 Å². The molecule has 2 aromatic carbocycles. The Labute approximate surface area is 144 Å². The van der Waals surface area contributed by atoms with Gasteiger partial charge in [0.05, 0.1) is 6.10 Å². The Hall–Kier alpha value is -1.75. The van der Waals surface area contributed by atoms with E-state index < -0.39 is 6.10 Å². The Kier molecular flexibility index (Phi) is 5.06. The van der Waals surface area contributed by atoms with Gasteiger partial charge in [0.15, 0.2) is 5.16 Å². The maximum Gasteiger partial charge on any atom is 0.172 e. The van der Waals surface area contributed by atoms with Crippen LogP contribution >= 0.6 is 23.4 Å². The molecule has 0 aliphatic heterocycles. The number of aryl methyl sites for hydroxylation is 1. The molecule has 0 bridgehead atoms. The molecule has 1 atom stereocenters. The van der Waals surface area contributed by atoms with Gasteiger partial charge in [-0.15, -0.1) is 0 Å². The molecule has 0 saturated carbocycles. The van der Waals surface area contributed by atoms with Crippen molar-refractivity contribution in [2.75, 3.05) is 5.75 Å². The molecule has 5 heteroatoms. The van der Waals surface area contributed by atoms with Crippen LogP contribution in [0.15, 0.2) is 66.1 Å². The van der Waals surface area contributed by atoms with Gasteiger partial charge in [-0.25, -0.2) is 4.98 Å². The van der Waals surface area contributed by atoms with Crippen molar-refractivity contribution in [3.05, 3.63) is 77.1 Å². The summed E-state index contributed by atoms with van der Waals surface area (Å²) in [6.45, 7) is 2.07. The standard InChI is InChI=1S/C18H17ClN2OS/c1-13-3-2-4-16(11-13)21-10-9-20-18(21)23-12-17(22)14-5-7-15(19)8-6-14/h2-11,17,22H,12H2,1H3.